The summed E-state index contributed by atoms with van der Waals surface area (Å²) in [6, 6.07) is 0. The Bertz CT molecular complexity index is 548. The molecule has 0 amide bonds. The van der Waals surface area contributed by atoms with E-state index in [-0.39, 0.29) is 16.0 Å². The Morgan fingerprint density at radius 3 is 2.53 bits per heavy atom. The van der Waals surface area contributed by atoms with E-state index in [2.05, 4.69) is 12.0 Å². The first-order valence-corrected chi connectivity index (χ1v) is 9.34. The molecule has 19 heavy (non-hydrogen) atoms. The van der Waals surface area contributed by atoms with Gasteiger partial charge in [-0.15, -0.1) is 0 Å². The van der Waals surface area contributed by atoms with Crippen molar-refractivity contribution >= 4 is 31.3 Å². The van der Waals surface area contributed by atoms with Crippen molar-refractivity contribution in [1.29, 1.82) is 0 Å². The van der Waals surface area contributed by atoms with Crippen LogP contribution in [0.5, 0.6) is 0 Å². The molecule has 1 heterocycles. The van der Waals surface area contributed by atoms with Crippen LogP contribution >= 0.6 is 22.3 Å². The number of halogens is 2. The molecular weight excluding hydrogens is 307 g/mol. The fourth-order valence-electron chi connectivity index (χ4n) is 2.59. The zero-order chi connectivity index (χ0) is 14.0. The topological polar surface area (TPSA) is 52.0 Å². The quantitative estimate of drug-likeness (QED) is 0.771. The van der Waals surface area contributed by atoms with Crippen LogP contribution in [0.4, 0.5) is 0 Å². The Balaban J connectivity index is 2.45. The Morgan fingerprint density at radius 1 is 1.37 bits per heavy atom. The van der Waals surface area contributed by atoms with Crippen LogP contribution in [-0.2, 0) is 15.6 Å². The van der Waals surface area contributed by atoms with E-state index >= 15 is 0 Å². The molecule has 0 aromatic carbocycles. The maximum absolute atomic E-state index is 11.7. The second-order valence-electron chi connectivity index (χ2n) is 5.00. The largest absolute Gasteiger partial charge is 0.266 e. The molecule has 1 aromatic rings. The second kappa shape index (κ2) is 6.02. The summed E-state index contributed by atoms with van der Waals surface area (Å²) in [6.07, 6.45) is 6.03. The predicted molar refractivity (Wildman–Crippen MR) is 76.4 cm³/mol. The average Bonchev–Trinajstić information content (AvgIpc) is 2.92. The molecule has 2 rings (SSSR count). The molecule has 0 aliphatic heterocycles. The van der Waals surface area contributed by atoms with E-state index in [9.17, 15) is 8.42 Å². The third-order valence-corrected chi connectivity index (χ3v) is 5.43. The van der Waals surface area contributed by atoms with Gasteiger partial charge in [-0.2, -0.15) is 5.10 Å². The average molecular weight is 325 g/mol. The predicted octanol–water partition coefficient (Wildman–Crippen LogP) is 3.92. The van der Waals surface area contributed by atoms with Crippen molar-refractivity contribution in [3.8, 4) is 0 Å². The molecule has 108 valence electrons. The molecule has 0 unspecified atom stereocenters. The Labute approximate surface area is 123 Å². The second-order valence-corrected chi connectivity index (χ2v) is 7.86. The smallest absolute Gasteiger partial charge is 0.252 e. The molecule has 1 aliphatic rings. The fourth-order valence-corrected chi connectivity index (χ4v) is 4.45. The highest BCUT2D eigenvalue weighted by atomic mass is 35.7. The summed E-state index contributed by atoms with van der Waals surface area (Å²) in [4.78, 5) is 0.0267. The summed E-state index contributed by atoms with van der Waals surface area (Å²) >= 11 is 6.17. The van der Waals surface area contributed by atoms with Crippen molar-refractivity contribution in [2.24, 2.45) is 0 Å². The van der Waals surface area contributed by atoms with Crippen molar-refractivity contribution < 1.29 is 8.42 Å². The zero-order valence-corrected chi connectivity index (χ0v) is 13.2. The van der Waals surface area contributed by atoms with E-state index in [0.717, 1.165) is 38.5 Å². The van der Waals surface area contributed by atoms with E-state index in [0.29, 0.717) is 12.2 Å². The first kappa shape index (κ1) is 15.1. The number of unbranched alkanes of at least 4 members (excludes halogenated alkanes) is 1. The van der Waals surface area contributed by atoms with Crippen molar-refractivity contribution in [2.75, 3.05) is 0 Å². The van der Waals surface area contributed by atoms with Gasteiger partial charge in [0.05, 0.1) is 5.69 Å². The zero-order valence-electron chi connectivity index (χ0n) is 10.9. The summed E-state index contributed by atoms with van der Waals surface area (Å²) < 4.78 is 25.1. The van der Waals surface area contributed by atoms with Gasteiger partial charge in [-0.3, -0.25) is 4.68 Å². The summed E-state index contributed by atoms with van der Waals surface area (Å²) in [6.45, 7) is 2.69. The molecule has 1 saturated carbocycles. The minimum Gasteiger partial charge on any atom is -0.252 e. The van der Waals surface area contributed by atoms with Gasteiger partial charge in [-0.1, -0.05) is 37.8 Å². The molecule has 1 aliphatic carbocycles. The molecule has 7 heteroatoms. The lowest BCUT2D eigenvalue weighted by Gasteiger charge is -2.06. The lowest BCUT2D eigenvalue weighted by Crippen LogP contribution is -2.02. The van der Waals surface area contributed by atoms with Crippen molar-refractivity contribution in [3.63, 3.8) is 0 Å². The Morgan fingerprint density at radius 2 is 2.00 bits per heavy atom. The lowest BCUT2D eigenvalue weighted by molar-refractivity contribution is 0.554. The fraction of sp³-hybridized carbons (Fsp3) is 0.750. The summed E-state index contributed by atoms with van der Waals surface area (Å²) in [5.74, 6) is 0.170. The van der Waals surface area contributed by atoms with Crippen LogP contribution in [0, 0.1) is 0 Å². The van der Waals surface area contributed by atoms with Gasteiger partial charge in [0.15, 0.2) is 0 Å². The van der Waals surface area contributed by atoms with E-state index in [1.54, 1.807) is 4.68 Å². The highest BCUT2D eigenvalue weighted by molar-refractivity contribution is 8.13. The number of aromatic nitrogens is 2. The van der Waals surface area contributed by atoms with E-state index in [1.165, 1.54) is 0 Å². The van der Waals surface area contributed by atoms with Crippen LogP contribution in [0.15, 0.2) is 4.90 Å². The monoisotopic (exact) mass is 324 g/mol. The third kappa shape index (κ3) is 3.26. The molecule has 0 saturated heterocycles. The molecule has 0 bridgehead atoms. The molecule has 0 atom stereocenters. The number of aryl methyl sites for hydroxylation is 1. The van der Waals surface area contributed by atoms with Gasteiger partial charge in [-0.05, 0) is 19.3 Å². The summed E-state index contributed by atoms with van der Waals surface area (Å²) in [7, 11) is 1.68. The first-order chi connectivity index (χ1) is 8.95. The Kier molecular flexibility index (Phi) is 4.79. The van der Waals surface area contributed by atoms with E-state index in [1.807, 2.05) is 0 Å². The Hall–Kier alpha value is -0.260. The standard InChI is InChI=1S/C12H18Cl2N2O2S/c1-2-3-8-16-12(13)11(19(14,17)18)10(15-16)9-6-4-5-7-9/h9H,2-8H2,1H3. The minimum absolute atomic E-state index is 0.0267. The third-order valence-electron chi connectivity index (χ3n) is 3.58. The van der Waals surface area contributed by atoms with Crippen molar-refractivity contribution in [1.82, 2.24) is 9.78 Å². The van der Waals surface area contributed by atoms with Crippen LogP contribution in [0.2, 0.25) is 5.15 Å². The molecular formula is C12H18Cl2N2O2S. The molecule has 1 aromatic heterocycles. The van der Waals surface area contributed by atoms with Crippen LogP contribution in [0.1, 0.15) is 57.1 Å². The molecule has 0 spiro atoms. The van der Waals surface area contributed by atoms with E-state index in [4.69, 9.17) is 22.3 Å². The van der Waals surface area contributed by atoms with Crippen LogP contribution in [0.3, 0.4) is 0 Å². The highest BCUT2D eigenvalue weighted by Crippen LogP contribution is 2.40. The van der Waals surface area contributed by atoms with Crippen LogP contribution < -0.4 is 0 Å². The first-order valence-electron chi connectivity index (χ1n) is 6.66. The van der Waals surface area contributed by atoms with Crippen LogP contribution in [-0.4, -0.2) is 18.2 Å². The maximum atomic E-state index is 11.7. The minimum atomic E-state index is -3.85. The SMILES string of the molecule is CCCCn1nc(C2CCCC2)c(S(=O)(=O)Cl)c1Cl. The maximum Gasteiger partial charge on any atom is 0.266 e. The van der Waals surface area contributed by atoms with E-state index < -0.39 is 9.05 Å². The van der Waals surface area contributed by atoms with Gasteiger partial charge >= 0.3 is 0 Å². The number of rotatable bonds is 5. The molecule has 1 fully saturated rings. The molecule has 4 nitrogen and oxygen atoms in total. The van der Waals surface area contributed by atoms with Gasteiger partial charge in [0.25, 0.3) is 9.05 Å². The van der Waals surface area contributed by atoms with Gasteiger partial charge in [-0.25, -0.2) is 8.42 Å². The number of hydrogen-bond donors (Lipinski definition) is 0. The van der Waals surface area contributed by atoms with Crippen molar-refractivity contribution in [3.05, 3.63) is 10.8 Å². The normalized spacial score (nSPS) is 17.2. The number of hydrogen-bond acceptors (Lipinski definition) is 3. The molecule has 0 N–H and O–H groups in total. The van der Waals surface area contributed by atoms with Gasteiger partial charge in [0.2, 0.25) is 0 Å². The van der Waals surface area contributed by atoms with Crippen molar-refractivity contribution in [2.45, 2.75) is 62.8 Å². The lowest BCUT2D eigenvalue weighted by atomic mass is 10.1. The van der Waals surface area contributed by atoms with Gasteiger partial charge in [0.1, 0.15) is 10.0 Å². The van der Waals surface area contributed by atoms with Gasteiger partial charge < -0.3 is 0 Å². The summed E-state index contributed by atoms with van der Waals surface area (Å²) in [5, 5.41) is 4.57. The summed E-state index contributed by atoms with van der Waals surface area (Å²) in [5.41, 5.74) is 0.564. The van der Waals surface area contributed by atoms with Gasteiger partial charge in [0, 0.05) is 23.1 Å². The highest BCUT2D eigenvalue weighted by Gasteiger charge is 2.32. The number of nitrogens with zero attached hydrogens (tertiary/aromatic N) is 2. The van der Waals surface area contributed by atoms with Crippen LogP contribution in [0.25, 0.3) is 0 Å². The molecule has 0 radical (unpaired) electrons.